The van der Waals surface area contributed by atoms with E-state index in [4.69, 9.17) is 9.84 Å². The summed E-state index contributed by atoms with van der Waals surface area (Å²) in [5.74, 6) is 0.108. The van der Waals surface area contributed by atoms with E-state index in [1.54, 1.807) is 0 Å². The van der Waals surface area contributed by atoms with Crippen molar-refractivity contribution in [2.24, 2.45) is 0 Å². The molecule has 0 spiro atoms. The van der Waals surface area contributed by atoms with Crippen LogP contribution < -0.4 is 10.1 Å². The molecule has 0 unspecified atom stereocenters. The summed E-state index contributed by atoms with van der Waals surface area (Å²) < 4.78 is 5.84. The van der Waals surface area contributed by atoms with E-state index in [0.717, 1.165) is 25.1 Å². The second-order valence-corrected chi connectivity index (χ2v) is 5.88. The Labute approximate surface area is 143 Å². The number of hydrogen-bond acceptors (Lipinski definition) is 3. The molecular formula is C20H25NO3. The monoisotopic (exact) mass is 327 g/mol. The number of aryl methyl sites for hydroxylation is 1. The minimum atomic E-state index is -0.772. The van der Waals surface area contributed by atoms with Crippen molar-refractivity contribution < 1.29 is 14.6 Å². The summed E-state index contributed by atoms with van der Waals surface area (Å²) in [7, 11) is 0. The molecule has 24 heavy (non-hydrogen) atoms. The number of ether oxygens (including phenoxy) is 1. The summed E-state index contributed by atoms with van der Waals surface area (Å²) in [6.45, 7) is 4.01. The van der Waals surface area contributed by atoms with Gasteiger partial charge >= 0.3 is 5.97 Å². The van der Waals surface area contributed by atoms with Crippen molar-refractivity contribution >= 4 is 5.97 Å². The molecule has 0 aromatic heterocycles. The SMILES string of the molecule is Cc1ccc(CCOc2cccc(CCNCCC(=O)O)c2)cc1. The smallest absolute Gasteiger partial charge is 0.304 e. The molecule has 128 valence electrons. The zero-order valence-corrected chi connectivity index (χ0v) is 14.1. The van der Waals surface area contributed by atoms with Gasteiger partial charge in [0.25, 0.3) is 0 Å². The van der Waals surface area contributed by atoms with Crippen molar-refractivity contribution in [1.82, 2.24) is 5.32 Å². The molecule has 0 bridgehead atoms. The topological polar surface area (TPSA) is 58.6 Å². The average Bonchev–Trinajstić information content (AvgIpc) is 2.56. The first-order valence-corrected chi connectivity index (χ1v) is 8.33. The van der Waals surface area contributed by atoms with Gasteiger partial charge in [-0.25, -0.2) is 0 Å². The van der Waals surface area contributed by atoms with Crippen molar-refractivity contribution in [2.45, 2.75) is 26.2 Å². The highest BCUT2D eigenvalue weighted by Gasteiger charge is 2.00. The van der Waals surface area contributed by atoms with Crippen LogP contribution in [0.4, 0.5) is 0 Å². The molecule has 0 heterocycles. The van der Waals surface area contributed by atoms with E-state index in [2.05, 4.69) is 42.6 Å². The molecule has 4 heteroatoms. The molecule has 0 radical (unpaired) electrons. The summed E-state index contributed by atoms with van der Waals surface area (Å²) >= 11 is 0. The third-order valence-electron chi connectivity index (χ3n) is 3.78. The molecule has 2 N–H and O–H groups in total. The summed E-state index contributed by atoms with van der Waals surface area (Å²) in [6, 6.07) is 16.6. The van der Waals surface area contributed by atoms with Gasteiger partial charge in [0.05, 0.1) is 13.0 Å². The maximum absolute atomic E-state index is 10.4. The molecule has 0 saturated heterocycles. The van der Waals surface area contributed by atoms with E-state index >= 15 is 0 Å². The molecule has 0 amide bonds. The third-order valence-corrected chi connectivity index (χ3v) is 3.78. The largest absolute Gasteiger partial charge is 0.493 e. The van der Waals surface area contributed by atoms with E-state index in [1.165, 1.54) is 16.7 Å². The molecule has 0 saturated carbocycles. The average molecular weight is 327 g/mol. The van der Waals surface area contributed by atoms with Crippen LogP contribution in [0, 0.1) is 6.92 Å². The molecular weight excluding hydrogens is 302 g/mol. The summed E-state index contributed by atoms with van der Waals surface area (Å²) in [6.07, 6.45) is 1.90. The first-order valence-electron chi connectivity index (χ1n) is 8.33. The van der Waals surface area contributed by atoms with E-state index in [0.29, 0.717) is 13.2 Å². The summed E-state index contributed by atoms with van der Waals surface area (Å²) in [4.78, 5) is 10.4. The van der Waals surface area contributed by atoms with E-state index in [1.807, 2.05) is 18.2 Å². The number of benzene rings is 2. The lowest BCUT2D eigenvalue weighted by Gasteiger charge is -2.09. The minimum absolute atomic E-state index is 0.155. The predicted molar refractivity (Wildman–Crippen MR) is 95.6 cm³/mol. The Bertz CT molecular complexity index is 638. The summed E-state index contributed by atoms with van der Waals surface area (Å²) in [5.41, 5.74) is 3.73. The highest BCUT2D eigenvalue weighted by molar-refractivity contribution is 5.66. The Hall–Kier alpha value is -2.33. The normalized spacial score (nSPS) is 10.5. The number of rotatable bonds is 10. The van der Waals surface area contributed by atoms with Gasteiger partial charge in [-0.2, -0.15) is 0 Å². The van der Waals surface area contributed by atoms with Gasteiger partial charge in [0.1, 0.15) is 5.75 Å². The molecule has 2 aromatic carbocycles. The number of aliphatic carboxylic acids is 1. The van der Waals surface area contributed by atoms with Crippen molar-refractivity contribution in [3.63, 3.8) is 0 Å². The maximum Gasteiger partial charge on any atom is 0.304 e. The fourth-order valence-corrected chi connectivity index (χ4v) is 2.39. The van der Waals surface area contributed by atoms with Crippen LogP contribution >= 0.6 is 0 Å². The highest BCUT2D eigenvalue weighted by atomic mass is 16.5. The number of carboxylic acids is 1. The molecule has 2 aromatic rings. The Morgan fingerprint density at radius 1 is 1.04 bits per heavy atom. The minimum Gasteiger partial charge on any atom is -0.493 e. The Kier molecular flexibility index (Phi) is 7.30. The van der Waals surface area contributed by atoms with Crippen LogP contribution in [-0.4, -0.2) is 30.8 Å². The van der Waals surface area contributed by atoms with Crippen LogP contribution in [0.15, 0.2) is 48.5 Å². The zero-order chi connectivity index (χ0) is 17.2. The van der Waals surface area contributed by atoms with Gasteiger partial charge < -0.3 is 15.2 Å². The Morgan fingerprint density at radius 3 is 2.58 bits per heavy atom. The number of carbonyl (C=O) groups is 1. The first-order chi connectivity index (χ1) is 11.6. The van der Waals surface area contributed by atoms with Crippen LogP contribution in [0.1, 0.15) is 23.1 Å². The van der Waals surface area contributed by atoms with Crippen molar-refractivity contribution in [1.29, 1.82) is 0 Å². The lowest BCUT2D eigenvalue weighted by Crippen LogP contribution is -2.20. The van der Waals surface area contributed by atoms with Crippen molar-refractivity contribution in [3.8, 4) is 5.75 Å². The standard InChI is InChI=1S/C20H25NO3/c1-16-5-7-17(8-6-16)11-14-24-19-4-2-3-18(15-19)9-12-21-13-10-20(22)23/h2-8,15,21H,9-14H2,1H3,(H,22,23). The van der Waals surface area contributed by atoms with Gasteiger partial charge in [-0.3, -0.25) is 4.79 Å². The van der Waals surface area contributed by atoms with Crippen LogP contribution in [0.5, 0.6) is 5.75 Å². The van der Waals surface area contributed by atoms with Crippen LogP contribution in [-0.2, 0) is 17.6 Å². The van der Waals surface area contributed by atoms with E-state index < -0.39 is 5.97 Å². The molecule has 0 fully saturated rings. The number of carboxylic acid groups (broad SMARTS) is 1. The fraction of sp³-hybridized carbons (Fsp3) is 0.350. The molecule has 0 atom stereocenters. The molecule has 4 nitrogen and oxygen atoms in total. The van der Waals surface area contributed by atoms with Gasteiger partial charge in [-0.05, 0) is 43.1 Å². The quantitative estimate of drug-likeness (QED) is 0.658. The lowest BCUT2D eigenvalue weighted by molar-refractivity contribution is -0.136. The highest BCUT2D eigenvalue weighted by Crippen LogP contribution is 2.14. The van der Waals surface area contributed by atoms with Crippen LogP contribution in [0.2, 0.25) is 0 Å². The van der Waals surface area contributed by atoms with Crippen molar-refractivity contribution in [2.75, 3.05) is 19.7 Å². The maximum atomic E-state index is 10.4. The molecule has 0 aliphatic carbocycles. The van der Waals surface area contributed by atoms with Crippen LogP contribution in [0.25, 0.3) is 0 Å². The number of hydrogen-bond donors (Lipinski definition) is 2. The third kappa shape index (κ3) is 6.84. The Morgan fingerprint density at radius 2 is 1.83 bits per heavy atom. The number of nitrogens with one attached hydrogen (secondary N) is 1. The lowest BCUT2D eigenvalue weighted by atomic mass is 10.1. The van der Waals surface area contributed by atoms with Gasteiger partial charge in [-0.15, -0.1) is 0 Å². The first kappa shape index (κ1) is 18.0. The zero-order valence-electron chi connectivity index (χ0n) is 14.1. The van der Waals surface area contributed by atoms with Crippen molar-refractivity contribution in [3.05, 3.63) is 65.2 Å². The second-order valence-electron chi connectivity index (χ2n) is 5.88. The van der Waals surface area contributed by atoms with Gasteiger partial charge in [0, 0.05) is 13.0 Å². The molecule has 0 aliphatic heterocycles. The van der Waals surface area contributed by atoms with Gasteiger partial charge in [0.2, 0.25) is 0 Å². The molecule has 0 aliphatic rings. The van der Waals surface area contributed by atoms with Gasteiger partial charge in [0.15, 0.2) is 0 Å². The Balaban J connectivity index is 1.71. The van der Waals surface area contributed by atoms with E-state index in [-0.39, 0.29) is 6.42 Å². The predicted octanol–water partition coefficient (Wildman–Crippen LogP) is 3.22. The second kappa shape index (κ2) is 9.73. The molecule has 2 rings (SSSR count). The summed E-state index contributed by atoms with van der Waals surface area (Å²) in [5, 5.41) is 11.7. The van der Waals surface area contributed by atoms with E-state index in [9.17, 15) is 4.79 Å². The van der Waals surface area contributed by atoms with Gasteiger partial charge in [-0.1, -0.05) is 42.0 Å². The van der Waals surface area contributed by atoms with Crippen LogP contribution in [0.3, 0.4) is 0 Å². The fourth-order valence-electron chi connectivity index (χ4n) is 2.39.